The van der Waals surface area contributed by atoms with Gasteiger partial charge in [-0.3, -0.25) is 4.79 Å². The van der Waals surface area contributed by atoms with Crippen molar-refractivity contribution < 1.29 is 4.79 Å². The Bertz CT molecular complexity index is 1100. The number of rotatable bonds is 3. The summed E-state index contributed by atoms with van der Waals surface area (Å²) < 4.78 is 0. The summed E-state index contributed by atoms with van der Waals surface area (Å²) in [6.07, 6.45) is 2.82. The van der Waals surface area contributed by atoms with Crippen molar-refractivity contribution in [3.8, 4) is 0 Å². The van der Waals surface area contributed by atoms with Gasteiger partial charge in [-0.05, 0) is 72.4 Å². The molecular formula is C25H27N3O. The van der Waals surface area contributed by atoms with E-state index in [9.17, 15) is 4.79 Å². The third kappa shape index (κ3) is 3.75. The molecule has 0 bridgehead atoms. The highest BCUT2D eigenvalue weighted by Crippen LogP contribution is 2.42. The summed E-state index contributed by atoms with van der Waals surface area (Å²) in [6, 6.07) is 20.0. The molecule has 29 heavy (non-hydrogen) atoms. The molecule has 4 heteroatoms. The Morgan fingerprint density at radius 3 is 2.66 bits per heavy atom. The summed E-state index contributed by atoms with van der Waals surface area (Å²) >= 11 is 0. The Morgan fingerprint density at radius 1 is 1.10 bits per heavy atom. The van der Waals surface area contributed by atoms with E-state index in [-0.39, 0.29) is 11.4 Å². The number of amides is 1. The summed E-state index contributed by atoms with van der Waals surface area (Å²) in [5.74, 6) is 0.275. The fourth-order valence-electron chi connectivity index (χ4n) is 4.24. The van der Waals surface area contributed by atoms with E-state index in [1.807, 2.05) is 42.5 Å². The van der Waals surface area contributed by atoms with Crippen molar-refractivity contribution in [2.45, 2.75) is 38.6 Å². The molecule has 0 saturated heterocycles. The van der Waals surface area contributed by atoms with Crippen LogP contribution in [0.4, 0.5) is 5.69 Å². The van der Waals surface area contributed by atoms with Crippen molar-refractivity contribution >= 4 is 28.6 Å². The van der Waals surface area contributed by atoms with Crippen LogP contribution in [0.25, 0.3) is 10.8 Å². The van der Waals surface area contributed by atoms with Crippen molar-refractivity contribution in [2.75, 3.05) is 11.9 Å². The van der Waals surface area contributed by atoms with Crippen LogP contribution in [0.2, 0.25) is 0 Å². The number of anilines is 1. The number of nitrogens with zero attached hydrogens (tertiary/aromatic N) is 2. The quantitative estimate of drug-likeness (QED) is 0.489. The number of hydrazone groups is 1. The van der Waals surface area contributed by atoms with Crippen molar-refractivity contribution in [1.82, 2.24) is 5.43 Å². The van der Waals surface area contributed by atoms with E-state index >= 15 is 0 Å². The van der Waals surface area contributed by atoms with Gasteiger partial charge in [0.2, 0.25) is 0 Å². The zero-order chi connectivity index (χ0) is 20.6. The summed E-state index contributed by atoms with van der Waals surface area (Å²) in [4.78, 5) is 14.8. The summed E-state index contributed by atoms with van der Waals surface area (Å²) in [7, 11) is 2.16. The molecule has 1 aliphatic rings. The lowest BCUT2D eigenvalue weighted by molar-refractivity contribution is 0.0955. The molecule has 1 N–H and O–H groups in total. The zero-order valence-electron chi connectivity index (χ0n) is 17.4. The summed E-state index contributed by atoms with van der Waals surface area (Å²) in [6.45, 7) is 6.84. The molecule has 4 rings (SSSR count). The first-order valence-electron chi connectivity index (χ1n) is 10.1. The van der Waals surface area contributed by atoms with Gasteiger partial charge >= 0.3 is 0 Å². The molecule has 3 aromatic rings. The minimum Gasteiger partial charge on any atom is -0.369 e. The van der Waals surface area contributed by atoms with Gasteiger partial charge in [0.05, 0.1) is 6.21 Å². The van der Waals surface area contributed by atoms with Crippen LogP contribution >= 0.6 is 0 Å². The molecule has 1 aliphatic heterocycles. The predicted octanol–water partition coefficient (Wildman–Crippen LogP) is 5.33. The molecule has 1 atom stereocenters. The second-order valence-electron chi connectivity index (χ2n) is 8.56. The van der Waals surface area contributed by atoms with Crippen LogP contribution in [0.1, 0.15) is 54.6 Å². The Hall–Kier alpha value is -3.14. The van der Waals surface area contributed by atoms with E-state index in [1.165, 1.54) is 11.3 Å². The normalized spacial score (nSPS) is 18.1. The van der Waals surface area contributed by atoms with Gasteiger partial charge in [-0.2, -0.15) is 5.10 Å². The lowest BCUT2D eigenvalue weighted by Gasteiger charge is -2.45. The fraction of sp³-hybridized carbons (Fsp3) is 0.280. The van der Waals surface area contributed by atoms with Crippen LogP contribution < -0.4 is 10.3 Å². The number of nitrogens with one attached hydrogen (secondary N) is 1. The van der Waals surface area contributed by atoms with Gasteiger partial charge in [0.25, 0.3) is 5.91 Å². The number of fused-ring (bicyclic) bond motifs is 2. The van der Waals surface area contributed by atoms with Gasteiger partial charge in [-0.15, -0.1) is 0 Å². The summed E-state index contributed by atoms with van der Waals surface area (Å²) in [5.41, 5.74) is 6.98. The SMILES string of the molecule is CC1CC(C)(C)N(C)c2ccc(/C=N\NC(=O)c3ccc4ccccc4c3)cc21. The minimum atomic E-state index is -0.209. The maximum Gasteiger partial charge on any atom is 0.271 e. The molecule has 4 nitrogen and oxygen atoms in total. The van der Waals surface area contributed by atoms with Crippen molar-refractivity contribution in [3.05, 3.63) is 77.4 Å². The van der Waals surface area contributed by atoms with E-state index in [1.54, 1.807) is 6.21 Å². The Labute approximate surface area is 172 Å². The van der Waals surface area contributed by atoms with Crippen molar-refractivity contribution in [3.63, 3.8) is 0 Å². The van der Waals surface area contributed by atoms with Gasteiger partial charge < -0.3 is 4.90 Å². The number of carbonyl (C=O) groups excluding carboxylic acids is 1. The van der Waals surface area contributed by atoms with E-state index in [0.29, 0.717) is 11.5 Å². The molecule has 1 unspecified atom stereocenters. The van der Waals surface area contributed by atoms with E-state index in [0.717, 1.165) is 22.8 Å². The zero-order valence-corrected chi connectivity index (χ0v) is 17.4. The van der Waals surface area contributed by atoms with Crippen LogP contribution in [-0.4, -0.2) is 24.7 Å². The van der Waals surface area contributed by atoms with Crippen LogP contribution in [-0.2, 0) is 0 Å². The molecule has 0 aromatic heterocycles. The molecule has 1 heterocycles. The topological polar surface area (TPSA) is 44.7 Å². The van der Waals surface area contributed by atoms with E-state index in [2.05, 4.69) is 61.4 Å². The number of hydrogen-bond donors (Lipinski definition) is 1. The van der Waals surface area contributed by atoms with E-state index < -0.39 is 0 Å². The molecule has 0 fully saturated rings. The molecule has 1 amide bonds. The third-order valence-corrected chi connectivity index (χ3v) is 6.05. The average Bonchev–Trinajstić information content (AvgIpc) is 2.71. The molecular weight excluding hydrogens is 358 g/mol. The Balaban J connectivity index is 1.49. The summed E-state index contributed by atoms with van der Waals surface area (Å²) in [5, 5.41) is 6.34. The van der Waals surface area contributed by atoms with Crippen LogP contribution in [0.15, 0.2) is 65.8 Å². The van der Waals surface area contributed by atoms with Gasteiger partial charge in [-0.25, -0.2) is 5.43 Å². The molecule has 0 aliphatic carbocycles. The first kappa shape index (κ1) is 19.2. The van der Waals surface area contributed by atoms with Crippen molar-refractivity contribution in [1.29, 1.82) is 0 Å². The smallest absolute Gasteiger partial charge is 0.271 e. The second-order valence-corrected chi connectivity index (χ2v) is 8.56. The third-order valence-electron chi connectivity index (χ3n) is 6.05. The molecule has 3 aromatic carbocycles. The van der Waals surface area contributed by atoms with Crippen molar-refractivity contribution in [2.24, 2.45) is 5.10 Å². The average molecular weight is 386 g/mol. The maximum absolute atomic E-state index is 12.4. The van der Waals surface area contributed by atoms with Gasteiger partial charge in [0.1, 0.15) is 0 Å². The molecule has 0 spiro atoms. The van der Waals surface area contributed by atoms with Crippen LogP contribution in [0, 0.1) is 0 Å². The van der Waals surface area contributed by atoms with Gasteiger partial charge in [-0.1, -0.05) is 43.3 Å². The fourth-order valence-corrected chi connectivity index (χ4v) is 4.24. The predicted molar refractivity (Wildman–Crippen MR) is 121 cm³/mol. The van der Waals surface area contributed by atoms with Crippen LogP contribution in [0.3, 0.4) is 0 Å². The van der Waals surface area contributed by atoms with Crippen LogP contribution in [0.5, 0.6) is 0 Å². The lowest BCUT2D eigenvalue weighted by atomic mass is 9.80. The minimum absolute atomic E-state index is 0.149. The largest absolute Gasteiger partial charge is 0.369 e. The highest BCUT2D eigenvalue weighted by Gasteiger charge is 2.33. The van der Waals surface area contributed by atoms with Gasteiger partial charge in [0.15, 0.2) is 0 Å². The monoisotopic (exact) mass is 385 g/mol. The molecule has 0 saturated carbocycles. The standard InChI is InChI=1S/C25H27N3O/c1-17-15-25(2,3)28(4)23-12-9-18(13-22(17)23)16-26-27-24(29)21-11-10-19-7-5-6-8-20(19)14-21/h5-14,16-17H,15H2,1-4H3,(H,27,29)/b26-16-. The van der Waals surface area contributed by atoms with Gasteiger partial charge in [0, 0.05) is 23.8 Å². The highest BCUT2D eigenvalue weighted by molar-refractivity contribution is 5.99. The molecule has 148 valence electrons. The number of benzene rings is 3. The second kappa shape index (κ2) is 7.36. The van der Waals surface area contributed by atoms with E-state index in [4.69, 9.17) is 0 Å². The first-order chi connectivity index (χ1) is 13.8. The maximum atomic E-state index is 12.4. The first-order valence-corrected chi connectivity index (χ1v) is 10.1. The lowest BCUT2D eigenvalue weighted by Crippen LogP contribution is -2.45. The Kier molecular flexibility index (Phi) is 4.87. The molecule has 0 radical (unpaired) electrons. The highest BCUT2D eigenvalue weighted by atomic mass is 16.2. The number of hydrogen-bond acceptors (Lipinski definition) is 3. The number of carbonyl (C=O) groups is 1. The Morgan fingerprint density at radius 2 is 1.86 bits per heavy atom.